The molecule has 19 heavy (non-hydrogen) atoms. The molecule has 0 aliphatic carbocycles. The van der Waals surface area contributed by atoms with Gasteiger partial charge in [-0.25, -0.2) is 0 Å². The molecule has 0 radical (unpaired) electrons. The van der Waals surface area contributed by atoms with E-state index < -0.39 is 6.10 Å². The molecule has 1 atom stereocenters. The Morgan fingerprint density at radius 2 is 2.16 bits per heavy atom. The van der Waals surface area contributed by atoms with Crippen molar-refractivity contribution in [1.29, 1.82) is 0 Å². The first-order valence-electron chi connectivity index (χ1n) is 6.56. The molecule has 3 nitrogen and oxygen atoms in total. The molecule has 1 aromatic carbocycles. The van der Waals surface area contributed by atoms with Crippen molar-refractivity contribution in [2.45, 2.75) is 39.3 Å². The van der Waals surface area contributed by atoms with E-state index in [1.54, 1.807) is 6.20 Å². The standard InChI is InChI=1S/C15H19ClN2O/c1-3-8-18-14(6-7-17-18)15(19)10-12-5-4-11(2)9-13(12)16/h4-7,9,15,19H,3,8,10H2,1-2H3. The largest absolute Gasteiger partial charge is 0.386 e. The Balaban J connectivity index is 2.16. The maximum Gasteiger partial charge on any atom is 0.0997 e. The van der Waals surface area contributed by atoms with Gasteiger partial charge in [0, 0.05) is 24.2 Å². The summed E-state index contributed by atoms with van der Waals surface area (Å²) < 4.78 is 1.85. The van der Waals surface area contributed by atoms with Gasteiger partial charge in [-0.1, -0.05) is 30.7 Å². The van der Waals surface area contributed by atoms with E-state index >= 15 is 0 Å². The highest BCUT2D eigenvalue weighted by molar-refractivity contribution is 6.31. The fourth-order valence-corrected chi connectivity index (χ4v) is 2.47. The van der Waals surface area contributed by atoms with E-state index in [0.717, 1.165) is 29.8 Å². The number of rotatable bonds is 5. The van der Waals surface area contributed by atoms with E-state index in [4.69, 9.17) is 11.6 Å². The number of hydrogen-bond acceptors (Lipinski definition) is 2. The molecule has 102 valence electrons. The van der Waals surface area contributed by atoms with Crippen molar-refractivity contribution in [2.75, 3.05) is 0 Å². The topological polar surface area (TPSA) is 38.0 Å². The van der Waals surface area contributed by atoms with Crippen molar-refractivity contribution in [3.63, 3.8) is 0 Å². The summed E-state index contributed by atoms with van der Waals surface area (Å²) in [6.45, 7) is 4.91. The van der Waals surface area contributed by atoms with Crippen molar-refractivity contribution in [1.82, 2.24) is 9.78 Å². The van der Waals surface area contributed by atoms with Crippen LogP contribution >= 0.6 is 11.6 Å². The first-order chi connectivity index (χ1) is 9.11. The molecule has 1 heterocycles. The monoisotopic (exact) mass is 278 g/mol. The lowest BCUT2D eigenvalue weighted by molar-refractivity contribution is 0.166. The third-order valence-corrected chi connectivity index (χ3v) is 3.50. The van der Waals surface area contributed by atoms with Crippen LogP contribution in [0, 0.1) is 6.92 Å². The maximum atomic E-state index is 10.3. The number of nitrogens with zero attached hydrogens (tertiary/aromatic N) is 2. The second kappa shape index (κ2) is 6.22. The molecule has 0 amide bonds. The second-order valence-electron chi connectivity index (χ2n) is 4.79. The predicted molar refractivity (Wildman–Crippen MR) is 77.4 cm³/mol. The predicted octanol–water partition coefficient (Wildman–Crippen LogP) is 3.53. The molecule has 0 aliphatic rings. The van der Waals surface area contributed by atoms with E-state index in [1.807, 2.05) is 35.9 Å². The first-order valence-corrected chi connectivity index (χ1v) is 6.94. The number of aromatic nitrogens is 2. The average Bonchev–Trinajstić information content (AvgIpc) is 2.81. The minimum Gasteiger partial charge on any atom is -0.386 e. The van der Waals surface area contributed by atoms with Crippen LogP contribution in [-0.2, 0) is 13.0 Å². The van der Waals surface area contributed by atoms with Gasteiger partial charge in [0.1, 0.15) is 0 Å². The highest BCUT2D eigenvalue weighted by atomic mass is 35.5. The minimum atomic E-state index is -0.575. The molecular formula is C15H19ClN2O. The SMILES string of the molecule is CCCn1nccc1C(O)Cc1ccc(C)cc1Cl. The third-order valence-electron chi connectivity index (χ3n) is 3.15. The summed E-state index contributed by atoms with van der Waals surface area (Å²) in [5.41, 5.74) is 2.93. The number of hydrogen-bond donors (Lipinski definition) is 1. The zero-order valence-corrected chi connectivity index (χ0v) is 12.1. The van der Waals surface area contributed by atoms with Crippen LogP contribution in [0.15, 0.2) is 30.5 Å². The number of halogens is 1. The highest BCUT2D eigenvalue weighted by Crippen LogP contribution is 2.24. The van der Waals surface area contributed by atoms with Crippen molar-refractivity contribution in [3.8, 4) is 0 Å². The Labute approximate surface area is 118 Å². The molecule has 0 bridgehead atoms. The average molecular weight is 279 g/mol. The lowest BCUT2D eigenvalue weighted by Gasteiger charge is -2.14. The molecule has 0 saturated carbocycles. The van der Waals surface area contributed by atoms with Gasteiger partial charge in [-0.15, -0.1) is 0 Å². The second-order valence-corrected chi connectivity index (χ2v) is 5.20. The highest BCUT2D eigenvalue weighted by Gasteiger charge is 2.15. The van der Waals surface area contributed by atoms with Gasteiger partial charge >= 0.3 is 0 Å². The zero-order chi connectivity index (χ0) is 13.8. The van der Waals surface area contributed by atoms with Gasteiger partial charge in [0.05, 0.1) is 11.8 Å². The van der Waals surface area contributed by atoms with Gasteiger partial charge in [-0.05, 0) is 36.6 Å². The van der Waals surface area contributed by atoms with Crippen molar-refractivity contribution < 1.29 is 5.11 Å². The molecule has 2 aromatic rings. The van der Waals surface area contributed by atoms with E-state index in [2.05, 4.69) is 12.0 Å². The summed E-state index contributed by atoms with van der Waals surface area (Å²) in [5.74, 6) is 0. The van der Waals surface area contributed by atoms with E-state index in [0.29, 0.717) is 11.4 Å². The number of aryl methyl sites for hydroxylation is 2. The smallest absolute Gasteiger partial charge is 0.0997 e. The Morgan fingerprint density at radius 3 is 2.84 bits per heavy atom. The van der Waals surface area contributed by atoms with E-state index in [9.17, 15) is 5.11 Å². The van der Waals surface area contributed by atoms with E-state index in [-0.39, 0.29) is 0 Å². The summed E-state index contributed by atoms with van der Waals surface area (Å²) in [6.07, 6.45) is 2.65. The Kier molecular flexibility index (Phi) is 4.61. The van der Waals surface area contributed by atoms with Crippen LogP contribution in [0.1, 0.15) is 36.3 Å². The summed E-state index contributed by atoms with van der Waals surface area (Å²) in [5, 5.41) is 15.3. The summed E-state index contributed by atoms with van der Waals surface area (Å²) in [7, 11) is 0. The van der Waals surface area contributed by atoms with Gasteiger partial charge < -0.3 is 5.11 Å². The molecule has 0 aliphatic heterocycles. The molecule has 4 heteroatoms. The Bertz CT molecular complexity index is 551. The van der Waals surface area contributed by atoms with Crippen LogP contribution in [-0.4, -0.2) is 14.9 Å². The molecule has 0 fully saturated rings. The van der Waals surface area contributed by atoms with Crippen molar-refractivity contribution in [2.24, 2.45) is 0 Å². The fraction of sp³-hybridized carbons (Fsp3) is 0.400. The van der Waals surface area contributed by atoms with Gasteiger partial charge in [0.25, 0.3) is 0 Å². The fourth-order valence-electron chi connectivity index (χ4n) is 2.16. The quantitative estimate of drug-likeness (QED) is 0.909. The Hall–Kier alpha value is -1.32. The van der Waals surface area contributed by atoms with E-state index in [1.165, 1.54) is 0 Å². The van der Waals surface area contributed by atoms with Gasteiger partial charge in [-0.3, -0.25) is 4.68 Å². The summed E-state index contributed by atoms with van der Waals surface area (Å²) in [4.78, 5) is 0. The van der Waals surface area contributed by atoms with Crippen LogP contribution in [0.3, 0.4) is 0 Å². The molecule has 1 N–H and O–H groups in total. The zero-order valence-electron chi connectivity index (χ0n) is 11.3. The summed E-state index contributed by atoms with van der Waals surface area (Å²) >= 11 is 6.20. The normalized spacial score (nSPS) is 12.6. The molecule has 1 unspecified atom stereocenters. The lowest BCUT2D eigenvalue weighted by Crippen LogP contribution is -2.11. The molecule has 2 rings (SSSR count). The van der Waals surface area contributed by atoms with Gasteiger partial charge in [0.15, 0.2) is 0 Å². The van der Waals surface area contributed by atoms with Crippen molar-refractivity contribution in [3.05, 3.63) is 52.3 Å². The minimum absolute atomic E-state index is 0.508. The van der Waals surface area contributed by atoms with Crippen LogP contribution in [0.2, 0.25) is 5.02 Å². The maximum absolute atomic E-state index is 10.3. The molecule has 1 aromatic heterocycles. The number of aliphatic hydroxyl groups excluding tert-OH is 1. The van der Waals surface area contributed by atoms with Crippen LogP contribution in [0.4, 0.5) is 0 Å². The van der Waals surface area contributed by atoms with Crippen LogP contribution < -0.4 is 0 Å². The van der Waals surface area contributed by atoms with Crippen molar-refractivity contribution >= 4 is 11.6 Å². The van der Waals surface area contributed by atoms with Crippen LogP contribution in [0.25, 0.3) is 0 Å². The van der Waals surface area contributed by atoms with Crippen LogP contribution in [0.5, 0.6) is 0 Å². The molecule has 0 spiro atoms. The first kappa shape index (κ1) is 14.1. The Morgan fingerprint density at radius 1 is 1.37 bits per heavy atom. The molecule has 0 saturated heterocycles. The van der Waals surface area contributed by atoms with Gasteiger partial charge in [-0.2, -0.15) is 5.10 Å². The third kappa shape index (κ3) is 3.37. The molecular weight excluding hydrogens is 260 g/mol. The lowest BCUT2D eigenvalue weighted by atomic mass is 10.0. The number of benzene rings is 1. The van der Waals surface area contributed by atoms with Gasteiger partial charge in [0.2, 0.25) is 0 Å². The number of aliphatic hydroxyl groups is 1. The summed E-state index contributed by atoms with van der Waals surface area (Å²) in [6, 6.07) is 7.77.